The van der Waals surface area contributed by atoms with Crippen LogP contribution in [0.5, 0.6) is 0 Å². The Morgan fingerprint density at radius 2 is 2.00 bits per heavy atom. The van der Waals surface area contributed by atoms with Gasteiger partial charge < -0.3 is 5.11 Å². The van der Waals surface area contributed by atoms with Gasteiger partial charge in [0.25, 0.3) is 0 Å². The van der Waals surface area contributed by atoms with Crippen LogP contribution in [0.2, 0.25) is 0 Å². The molecule has 0 radical (unpaired) electrons. The Hall–Kier alpha value is -0.340. The van der Waals surface area contributed by atoms with Crippen LogP contribution in [0.25, 0.3) is 0 Å². The first kappa shape index (κ1) is 12.1. The molecule has 16 heavy (non-hydrogen) atoms. The zero-order valence-corrected chi connectivity index (χ0v) is 10.5. The maximum Gasteiger partial charge on any atom is 0.0583 e. The van der Waals surface area contributed by atoms with E-state index in [0.29, 0.717) is 12.0 Å². The van der Waals surface area contributed by atoms with Crippen molar-refractivity contribution in [2.45, 2.75) is 57.6 Å². The van der Waals surface area contributed by atoms with Gasteiger partial charge in [0.1, 0.15) is 0 Å². The van der Waals surface area contributed by atoms with E-state index in [1.165, 1.54) is 44.2 Å². The fourth-order valence-electron chi connectivity index (χ4n) is 3.47. The Labute approximate surface area is 99.3 Å². The monoisotopic (exact) mass is 223 g/mol. The van der Waals surface area contributed by atoms with Gasteiger partial charge in [-0.05, 0) is 39.2 Å². The van der Waals surface area contributed by atoms with Crippen molar-refractivity contribution in [2.75, 3.05) is 13.1 Å². The van der Waals surface area contributed by atoms with Gasteiger partial charge in [-0.3, -0.25) is 4.90 Å². The first-order chi connectivity index (χ1) is 7.68. The lowest BCUT2D eigenvalue weighted by atomic mass is 9.80. The van der Waals surface area contributed by atoms with Crippen LogP contribution < -0.4 is 0 Å². The fraction of sp³-hybridized carbons (Fsp3) is 0.857. The SMILES string of the molecule is C=C(C)CN1CCCC1C1CCCCC1O. The Bertz CT molecular complexity index is 251. The van der Waals surface area contributed by atoms with Gasteiger partial charge in [-0.2, -0.15) is 0 Å². The molecule has 0 aromatic heterocycles. The summed E-state index contributed by atoms with van der Waals surface area (Å²) < 4.78 is 0. The number of aliphatic hydroxyl groups excluding tert-OH is 1. The average molecular weight is 223 g/mol. The summed E-state index contributed by atoms with van der Waals surface area (Å²) in [7, 11) is 0. The van der Waals surface area contributed by atoms with E-state index >= 15 is 0 Å². The molecule has 3 unspecified atom stereocenters. The summed E-state index contributed by atoms with van der Waals surface area (Å²) in [6.45, 7) is 8.33. The van der Waals surface area contributed by atoms with Crippen LogP contribution in [0.15, 0.2) is 12.2 Å². The predicted octanol–water partition coefficient (Wildman–Crippen LogP) is 2.58. The molecule has 3 atom stereocenters. The minimum atomic E-state index is -0.0514. The minimum absolute atomic E-state index is 0.0514. The fourth-order valence-corrected chi connectivity index (χ4v) is 3.47. The zero-order chi connectivity index (χ0) is 11.5. The molecule has 2 rings (SSSR count). The summed E-state index contributed by atoms with van der Waals surface area (Å²) in [5, 5.41) is 10.1. The Kier molecular flexibility index (Phi) is 4.04. The highest BCUT2D eigenvalue weighted by Gasteiger charge is 2.36. The molecule has 0 spiro atoms. The van der Waals surface area contributed by atoms with Gasteiger partial charge >= 0.3 is 0 Å². The summed E-state index contributed by atoms with van der Waals surface area (Å²) in [6, 6.07) is 0.618. The van der Waals surface area contributed by atoms with Crippen molar-refractivity contribution in [3.05, 3.63) is 12.2 Å². The summed E-state index contributed by atoms with van der Waals surface area (Å²) in [5.41, 5.74) is 1.25. The van der Waals surface area contributed by atoms with Gasteiger partial charge in [0.15, 0.2) is 0 Å². The molecule has 2 fully saturated rings. The first-order valence-electron chi connectivity index (χ1n) is 6.75. The van der Waals surface area contributed by atoms with Crippen molar-refractivity contribution in [3.8, 4) is 0 Å². The number of hydrogen-bond donors (Lipinski definition) is 1. The van der Waals surface area contributed by atoms with Gasteiger partial charge in [-0.25, -0.2) is 0 Å². The van der Waals surface area contributed by atoms with Crippen LogP contribution >= 0.6 is 0 Å². The van der Waals surface area contributed by atoms with E-state index in [2.05, 4.69) is 18.4 Å². The standard InChI is InChI=1S/C14H25NO/c1-11(2)10-15-9-5-7-13(15)12-6-3-4-8-14(12)16/h12-14,16H,1,3-10H2,2H3. The van der Waals surface area contributed by atoms with E-state index in [9.17, 15) is 5.11 Å². The molecule has 1 saturated carbocycles. The van der Waals surface area contributed by atoms with E-state index in [1.54, 1.807) is 0 Å². The molecule has 1 saturated heterocycles. The molecule has 0 aromatic rings. The third kappa shape index (κ3) is 2.67. The lowest BCUT2D eigenvalue weighted by Gasteiger charge is -2.37. The second-order valence-corrected chi connectivity index (χ2v) is 5.65. The minimum Gasteiger partial charge on any atom is -0.393 e. The second kappa shape index (κ2) is 5.33. The molecule has 0 amide bonds. The molecule has 1 aliphatic carbocycles. The maximum atomic E-state index is 10.1. The second-order valence-electron chi connectivity index (χ2n) is 5.65. The molecular weight excluding hydrogens is 198 g/mol. The number of likely N-dealkylation sites (tertiary alicyclic amines) is 1. The van der Waals surface area contributed by atoms with Gasteiger partial charge in [0.05, 0.1) is 6.10 Å². The largest absolute Gasteiger partial charge is 0.393 e. The number of rotatable bonds is 3. The van der Waals surface area contributed by atoms with Crippen LogP contribution in [0.1, 0.15) is 45.4 Å². The molecule has 92 valence electrons. The van der Waals surface area contributed by atoms with E-state index in [4.69, 9.17) is 0 Å². The molecule has 1 aliphatic heterocycles. The summed E-state index contributed by atoms with van der Waals surface area (Å²) >= 11 is 0. The van der Waals surface area contributed by atoms with Crippen molar-refractivity contribution in [2.24, 2.45) is 5.92 Å². The van der Waals surface area contributed by atoms with Crippen LogP contribution in [-0.4, -0.2) is 35.2 Å². The maximum absolute atomic E-state index is 10.1. The molecule has 2 heteroatoms. The summed E-state index contributed by atoms with van der Waals surface area (Å²) in [4.78, 5) is 2.54. The molecule has 1 heterocycles. The number of nitrogens with zero attached hydrogens (tertiary/aromatic N) is 1. The van der Waals surface area contributed by atoms with Gasteiger partial charge in [-0.1, -0.05) is 25.0 Å². The highest BCUT2D eigenvalue weighted by Crippen LogP contribution is 2.34. The Morgan fingerprint density at radius 3 is 2.69 bits per heavy atom. The van der Waals surface area contributed by atoms with Crippen molar-refractivity contribution in [3.63, 3.8) is 0 Å². The Morgan fingerprint density at radius 1 is 1.25 bits per heavy atom. The van der Waals surface area contributed by atoms with Gasteiger partial charge in [-0.15, -0.1) is 0 Å². The zero-order valence-electron chi connectivity index (χ0n) is 10.5. The van der Waals surface area contributed by atoms with Gasteiger partial charge in [0, 0.05) is 18.5 Å². The van der Waals surface area contributed by atoms with E-state index < -0.39 is 0 Å². The smallest absolute Gasteiger partial charge is 0.0583 e. The van der Waals surface area contributed by atoms with E-state index in [-0.39, 0.29) is 6.10 Å². The summed E-state index contributed by atoms with van der Waals surface area (Å²) in [6.07, 6.45) is 7.27. The van der Waals surface area contributed by atoms with Crippen molar-refractivity contribution >= 4 is 0 Å². The van der Waals surface area contributed by atoms with Crippen molar-refractivity contribution in [1.29, 1.82) is 0 Å². The van der Waals surface area contributed by atoms with Crippen LogP contribution in [0.3, 0.4) is 0 Å². The molecule has 1 N–H and O–H groups in total. The van der Waals surface area contributed by atoms with Crippen molar-refractivity contribution < 1.29 is 5.11 Å². The number of aliphatic hydroxyl groups is 1. The van der Waals surface area contributed by atoms with E-state index in [0.717, 1.165) is 13.0 Å². The third-order valence-electron chi connectivity index (χ3n) is 4.16. The third-order valence-corrected chi connectivity index (χ3v) is 4.16. The highest BCUT2D eigenvalue weighted by atomic mass is 16.3. The van der Waals surface area contributed by atoms with Crippen molar-refractivity contribution in [1.82, 2.24) is 4.90 Å². The van der Waals surface area contributed by atoms with Gasteiger partial charge in [0.2, 0.25) is 0 Å². The van der Waals surface area contributed by atoms with Crippen LogP contribution in [-0.2, 0) is 0 Å². The molecular formula is C14H25NO. The molecule has 0 aromatic carbocycles. The average Bonchev–Trinajstić information content (AvgIpc) is 2.66. The lowest BCUT2D eigenvalue weighted by Crippen LogP contribution is -2.43. The molecule has 2 aliphatic rings. The highest BCUT2D eigenvalue weighted by molar-refractivity contribution is 4.98. The quantitative estimate of drug-likeness (QED) is 0.743. The normalized spacial score (nSPS) is 36.5. The summed E-state index contributed by atoms with van der Waals surface area (Å²) in [5.74, 6) is 0.524. The number of hydrogen-bond acceptors (Lipinski definition) is 2. The molecule has 2 nitrogen and oxygen atoms in total. The lowest BCUT2D eigenvalue weighted by molar-refractivity contribution is 0.0244. The van der Waals surface area contributed by atoms with E-state index in [1.807, 2.05) is 0 Å². The Balaban J connectivity index is 1.98. The van der Waals surface area contributed by atoms with Crippen LogP contribution in [0.4, 0.5) is 0 Å². The molecule has 0 bridgehead atoms. The first-order valence-corrected chi connectivity index (χ1v) is 6.75. The predicted molar refractivity (Wildman–Crippen MR) is 67.4 cm³/mol. The van der Waals surface area contributed by atoms with Crippen LogP contribution in [0, 0.1) is 5.92 Å². The topological polar surface area (TPSA) is 23.5 Å².